The molecule has 16 heavy (non-hydrogen) atoms. The van der Waals surface area contributed by atoms with E-state index in [1.54, 1.807) is 20.8 Å². The Morgan fingerprint density at radius 3 is 2.56 bits per heavy atom. The van der Waals surface area contributed by atoms with Gasteiger partial charge in [0.05, 0.1) is 0 Å². The van der Waals surface area contributed by atoms with E-state index in [9.17, 15) is 14.0 Å². The lowest BCUT2D eigenvalue weighted by molar-refractivity contribution is -0.123. The molecule has 1 atom stereocenters. The van der Waals surface area contributed by atoms with E-state index in [-0.39, 0.29) is 12.5 Å². The van der Waals surface area contributed by atoms with Crippen LogP contribution in [0.2, 0.25) is 0 Å². The number of likely N-dealkylation sites (tertiary alicyclic amines) is 1. The van der Waals surface area contributed by atoms with E-state index in [0.717, 1.165) is 0 Å². The first-order valence-corrected chi connectivity index (χ1v) is 5.40. The van der Waals surface area contributed by atoms with Crippen molar-refractivity contribution in [2.24, 2.45) is 5.92 Å². The number of halogens is 1. The van der Waals surface area contributed by atoms with Crippen LogP contribution in [0.25, 0.3) is 0 Å². The number of hydrogen-bond donors (Lipinski definition) is 0. The average Bonchev–Trinajstić information content (AvgIpc) is 2.62. The minimum atomic E-state index is -0.952. The van der Waals surface area contributed by atoms with Crippen LogP contribution < -0.4 is 0 Å². The largest absolute Gasteiger partial charge is 0.444 e. The normalized spacial score (nSPS) is 21.0. The van der Waals surface area contributed by atoms with Crippen molar-refractivity contribution in [2.45, 2.75) is 32.8 Å². The summed E-state index contributed by atoms with van der Waals surface area (Å²) in [5, 5.41) is 0. The Kier molecular flexibility index (Phi) is 3.88. The molecule has 0 spiro atoms. The number of hydrogen-bond acceptors (Lipinski definition) is 3. The number of ether oxygens (including phenoxy) is 1. The zero-order valence-corrected chi connectivity index (χ0v) is 9.96. The maximum absolute atomic E-state index is 12.2. The Bertz CT molecular complexity index is 285. The van der Waals surface area contributed by atoms with Crippen molar-refractivity contribution < 1.29 is 18.7 Å². The minimum absolute atomic E-state index is 0.275. The summed E-state index contributed by atoms with van der Waals surface area (Å²) in [6, 6.07) is 0. The SMILES string of the molecule is CC(C)(C)OC(=O)N1CC[C@H](C(=O)CF)C1. The van der Waals surface area contributed by atoms with Crippen LogP contribution in [0.4, 0.5) is 9.18 Å². The molecule has 1 amide bonds. The summed E-state index contributed by atoms with van der Waals surface area (Å²) >= 11 is 0. The monoisotopic (exact) mass is 231 g/mol. The van der Waals surface area contributed by atoms with E-state index in [4.69, 9.17) is 4.74 Å². The molecule has 92 valence electrons. The van der Waals surface area contributed by atoms with E-state index in [2.05, 4.69) is 0 Å². The van der Waals surface area contributed by atoms with Crippen molar-refractivity contribution >= 4 is 11.9 Å². The molecule has 0 aromatic heterocycles. The fourth-order valence-electron chi connectivity index (χ4n) is 1.62. The number of amides is 1. The van der Waals surface area contributed by atoms with E-state index in [0.29, 0.717) is 13.0 Å². The van der Waals surface area contributed by atoms with Crippen molar-refractivity contribution in [3.8, 4) is 0 Å². The highest BCUT2D eigenvalue weighted by Gasteiger charge is 2.32. The summed E-state index contributed by atoms with van der Waals surface area (Å²) in [5.74, 6) is -0.788. The third-order valence-corrected chi connectivity index (χ3v) is 2.43. The van der Waals surface area contributed by atoms with Crippen molar-refractivity contribution in [1.82, 2.24) is 4.90 Å². The van der Waals surface area contributed by atoms with Crippen molar-refractivity contribution in [3.05, 3.63) is 0 Å². The van der Waals surface area contributed by atoms with Gasteiger partial charge in [-0.3, -0.25) is 4.79 Å². The second-order valence-electron chi connectivity index (χ2n) is 5.01. The first-order chi connectivity index (χ1) is 7.33. The summed E-state index contributed by atoms with van der Waals surface area (Å²) < 4.78 is 17.3. The zero-order valence-electron chi connectivity index (χ0n) is 9.96. The van der Waals surface area contributed by atoms with Gasteiger partial charge in [-0.25, -0.2) is 9.18 Å². The number of nitrogens with zero attached hydrogens (tertiary/aromatic N) is 1. The second-order valence-corrected chi connectivity index (χ2v) is 5.01. The lowest BCUT2D eigenvalue weighted by atomic mass is 10.1. The van der Waals surface area contributed by atoms with Gasteiger partial charge >= 0.3 is 6.09 Å². The molecule has 0 aliphatic carbocycles. The molecule has 0 bridgehead atoms. The quantitative estimate of drug-likeness (QED) is 0.727. The van der Waals surface area contributed by atoms with Crippen LogP contribution in [-0.4, -0.2) is 42.1 Å². The minimum Gasteiger partial charge on any atom is -0.444 e. The van der Waals surface area contributed by atoms with Gasteiger partial charge in [0.1, 0.15) is 12.3 Å². The zero-order chi connectivity index (χ0) is 12.3. The molecule has 1 aliphatic rings. The van der Waals surface area contributed by atoms with Crippen LogP contribution in [0.1, 0.15) is 27.2 Å². The van der Waals surface area contributed by atoms with E-state index >= 15 is 0 Å². The fraction of sp³-hybridized carbons (Fsp3) is 0.818. The van der Waals surface area contributed by atoms with E-state index < -0.39 is 24.2 Å². The predicted molar refractivity (Wildman–Crippen MR) is 56.9 cm³/mol. The topological polar surface area (TPSA) is 46.6 Å². The third-order valence-electron chi connectivity index (χ3n) is 2.43. The highest BCUT2D eigenvalue weighted by Crippen LogP contribution is 2.20. The molecule has 1 rings (SSSR count). The highest BCUT2D eigenvalue weighted by molar-refractivity contribution is 5.83. The smallest absolute Gasteiger partial charge is 0.410 e. The van der Waals surface area contributed by atoms with Gasteiger partial charge in [0, 0.05) is 19.0 Å². The second kappa shape index (κ2) is 4.80. The fourth-order valence-corrected chi connectivity index (χ4v) is 1.62. The predicted octanol–water partition coefficient (Wildman–Crippen LogP) is 1.78. The Morgan fingerprint density at radius 2 is 2.06 bits per heavy atom. The molecule has 1 aliphatic heterocycles. The third kappa shape index (κ3) is 3.47. The van der Waals surface area contributed by atoms with Crippen LogP contribution in [0.15, 0.2) is 0 Å². The molecule has 0 N–H and O–H groups in total. The Morgan fingerprint density at radius 1 is 1.44 bits per heavy atom. The van der Waals surface area contributed by atoms with Gasteiger partial charge in [-0.1, -0.05) is 0 Å². The number of carbonyl (C=O) groups is 2. The van der Waals surface area contributed by atoms with Gasteiger partial charge in [0.2, 0.25) is 0 Å². The molecule has 0 aromatic carbocycles. The van der Waals surface area contributed by atoms with Crippen LogP contribution >= 0.6 is 0 Å². The van der Waals surface area contributed by atoms with Gasteiger partial charge < -0.3 is 9.64 Å². The van der Waals surface area contributed by atoms with Crippen molar-refractivity contribution in [2.75, 3.05) is 19.8 Å². The van der Waals surface area contributed by atoms with E-state index in [1.165, 1.54) is 4.90 Å². The highest BCUT2D eigenvalue weighted by atomic mass is 19.1. The number of ketones is 1. The van der Waals surface area contributed by atoms with Gasteiger partial charge in [-0.05, 0) is 27.2 Å². The van der Waals surface area contributed by atoms with Crippen LogP contribution in [0.5, 0.6) is 0 Å². The molecule has 1 fully saturated rings. The molecule has 5 heteroatoms. The van der Waals surface area contributed by atoms with Crippen LogP contribution in [0, 0.1) is 5.92 Å². The first kappa shape index (κ1) is 12.9. The summed E-state index contributed by atoms with van der Waals surface area (Å²) in [6.45, 7) is 5.14. The average molecular weight is 231 g/mol. The summed E-state index contributed by atoms with van der Waals surface area (Å²) in [5.41, 5.74) is -0.542. The van der Waals surface area contributed by atoms with Crippen LogP contribution in [-0.2, 0) is 9.53 Å². The number of alkyl halides is 1. The molecular formula is C11H18FNO3. The Labute approximate surface area is 94.7 Å². The molecule has 0 saturated carbocycles. The van der Waals surface area contributed by atoms with E-state index in [1.807, 2.05) is 0 Å². The summed E-state index contributed by atoms with van der Waals surface area (Å²) in [6.07, 6.45) is 0.101. The molecular weight excluding hydrogens is 213 g/mol. The van der Waals surface area contributed by atoms with Crippen LogP contribution in [0.3, 0.4) is 0 Å². The number of Topliss-reactive ketones (excluding diaryl/α,β-unsaturated/α-hetero) is 1. The molecule has 1 heterocycles. The van der Waals surface area contributed by atoms with Gasteiger partial charge in [-0.15, -0.1) is 0 Å². The van der Waals surface area contributed by atoms with Gasteiger partial charge in [0.25, 0.3) is 0 Å². The maximum Gasteiger partial charge on any atom is 0.410 e. The molecule has 0 unspecified atom stereocenters. The Balaban J connectivity index is 2.47. The summed E-state index contributed by atoms with van der Waals surface area (Å²) in [7, 11) is 0. The molecule has 0 radical (unpaired) electrons. The molecule has 1 saturated heterocycles. The molecule has 4 nitrogen and oxygen atoms in total. The first-order valence-electron chi connectivity index (χ1n) is 5.40. The molecule has 0 aromatic rings. The standard InChI is InChI=1S/C11H18FNO3/c1-11(2,3)16-10(15)13-5-4-8(7-13)9(14)6-12/h8H,4-7H2,1-3H3/t8-/m0/s1. The summed E-state index contributed by atoms with van der Waals surface area (Å²) in [4.78, 5) is 24.2. The lowest BCUT2D eigenvalue weighted by Crippen LogP contribution is -2.36. The van der Waals surface area contributed by atoms with Crippen molar-refractivity contribution in [3.63, 3.8) is 0 Å². The number of carbonyl (C=O) groups excluding carboxylic acids is 2. The van der Waals surface area contributed by atoms with Crippen molar-refractivity contribution in [1.29, 1.82) is 0 Å². The maximum atomic E-state index is 12.2. The number of rotatable bonds is 2. The Hall–Kier alpha value is -1.13. The lowest BCUT2D eigenvalue weighted by Gasteiger charge is -2.24. The van der Waals surface area contributed by atoms with Gasteiger partial charge in [0.15, 0.2) is 5.78 Å². The van der Waals surface area contributed by atoms with Gasteiger partial charge in [-0.2, -0.15) is 0 Å².